The molecule has 98 valence electrons. The minimum Gasteiger partial charge on any atom is -0.347 e. The van der Waals surface area contributed by atoms with Crippen LogP contribution in [0.4, 0.5) is 0 Å². The van der Waals surface area contributed by atoms with E-state index in [0.717, 1.165) is 19.3 Å². The summed E-state index contributed by atoms with van der Waals surface area (Å²) in [6.07, 6.45) is 5.90. The van der Waals surface area contributed by atoms with Gasteiger partial charge in [-0.05, 0) is 34.1 Å². The van der Waals surface area contributed by atoms with Crippen LogP contribution >= 0.6 is 0 Å². The number of ether oxygens (including phenoxy) is 2. The van der Waals surface area contributed by atoms with E-state index in [1.165, 1.54) is 12.8 Å². The molecule has 0 atom stereocenters. The third-order valence-electron chi connectivity index (χ3n) is 2.44. The van der Waals surface area contributed by atoms with E-state index >= 15 is 0 Å². The lowest BCUT2D eigenvalue weighted by Gasteiger charge is -2.37. The third-order valence-corrected chi connectivity index (χ3v) is 2.44. The molecule has 0 N–H and O–H groups in total. The van der Waals surface area contributed by atoms with Gasteiger partial charge in [0.25, 0.3) is 0 Å². The van der Waals surface area contributed by atoms with E-state index in [1.807, 2.05) is 0 Å². The van der Waals surface area contributed by atoms with Crippen LogP contribution in [-0.4, -0.2) is 18.0 Å². The molecular weight excluding hydrogens is 200 g/mol. The molecule has 0 saturated carbocycles. The fourth-order valence-corrected chi connectivity index (χ4v) is 2.07. The fraction of sp³-hybridized carbons (Fsp3) is 1.00. The topological polar surface area (TPSA) is 18.5 Å². The van der Waals surface area contributed by atoms with Crippen LogP contribution < -0.4 is 0 Å². The zero-order chi connectivity index (χ0) is 12.6. The first-order chi connectivity index (χ1) is 7.45. The second-order valence-electron chi connectivity index (χ2n) is 5.10. The van der Waals surface area contributed by atoms with Crippen molar-refractivity contribution in [3.63, 3.8) is 0 Å². The van der Waals surface area contributed by atoms with Crippen LogP contribution in [0.25, 0.3) is 0 Å². The van der Waals surface area contributed by atoms with Gasteiger partial charge >= 0.3 is 0 Å². The number of hydrogen-bond donors (Lipinski definition) is 0. The Labute approximate surface area is 102 Å². The van der Waals surface area contributed by atoms with E-state index in [9.17, 15) is 0 Å². The highest BCUT2D eigenvalue weighted by Crippen LogP contribution is 2.29. The Morgan fingerprint density at radius 3 is 1.62 bits per heavy atom. The van der Waals surface area contributed by atoms with Gasteiger partial charge in [0.2, 0.25) is 0 Å². The van der Waals surface area contributed by atoms with Gasteiger partial charge < -0.3 is 9.47 Å². The van der Waals surface area contributed by atoms with Crippen molar-refractivity contribution < 1.29 is 9.47 Å². The molecule has 0 saturated heterocycles. The summed E-state index contributed by atoms with van der Waals surface area (Å²) in [6, 6.07) is 0. The van der Waals surface area contributed by atoms with E-state index in [2.05, 4.69) is 41.5 Å². The second kappa shape index (κ2) is 8.08. The summed E-state index contributed by atoms with van der Waals surface area (Å²) in [4.78, 5) is 0. The predicted octanol–water partition coefficient (Wildman–Crippen LogP) is 4.52. The molecule has 0 aromatic rings. The summed E-state index contributed by atoms with van der Waals surface area (Å²) in [5.74, 6) is -0.354. The molecule has 0 aromatic carbocycles. The van der Waals surface area contributed by atoms with Gasteiger partial charge in [0, 0.05) is 12.8 Å². The monoisotopic (exact) mass is 230 g/mol. The summed E-state index contributed by atoms with van der Waals surface area (Å²) in [5.41, 5.74) is 0. The smallest absolute Gasteiger partial charge is 0.168 e. The molecule has 0 amide bonds. The molecular formula is C14H30O2. The standard InChI is InChI=1S/C14H30O2/c1-7-9-11-14(10-8-2,15-12(3)4)16-13(5)6/h12-13H,7-11H2,1-6H3. The van der Waals surface area contributed by atoms with Crippen molar-refractivity contribution in [2.45, 2.75) is 91.6 Å². The van der Waals surface area contributed by atoms with Crippen molar-refractivity contribution in [2.24, 2.45) is 0 Å². The summed E-state index contributed by atoms with van der Waals surface area (Å²) in [5, 5.41) is 0. The molecule has 0 bridgehead atoms. The van der Waals surface area contributed by atoms with Crippen LogP contribution in [0.2, 0.25) is 0 Å². The van der Waals surface area contributed by atoms with Crippen molar-refractivity contribution >= 4 is 0 Å². The Bertz CT molecular complexity index is 154. The zero-order valence-electron chi connectivity index (χ0n) is 12.0. The van der Waals surface area contributed by atoms with Crippen LogP contribution in [0.15, 0.2) is 0 Å². The van der Waals surface area contributed by atoms with E-state index in [0.29, 0.717) is 0 Å². The van der Waals surface area contributed by atoms with Crippen LogP contribution in [0, 0.1) is 0 Å². The summed E-state index contributed by atoms with van der Waals surface area (Å²) in [6.45, 7) is 12.7. The molecule has 0 rings (SSSR count). The molecule has 0 aliphatic heterocycles. The molecule has 16 heavy (non-hydrogen) atoms. The summed E-state index contributed by atoms with van der Waals surface area (Å²) < 4.78 is 12.1. The summed E-state index contributed by atoms with van der Waals surface area (Å²) in [7, 11) is 0. The molecule has 0 heterocycles. The molecule has 0 fully saturated rings. The zero-order valence-corrected chi connectivity index (χ0v) is 12.0. The molecule has 0 aromatic heterocycles. The maximum atomic E-state index is 6.07. The molecule has 0 aliphatic carbocycles. The Hall–Kier alpha value is -0.0800. The van der Waals surface area contributed by atoms with Crippen LogP contribution in [-0.2, 0) is 9.47 Å². The minimum absolute atomic E-state index is 0.224. The Balaban J connectivity index is 4.58. The maximum absolute atomic E-state index is 6.07. The van der Waals surface area contributed by atoms with E-state index < -0.39 is 0 Å². The van der Waals surface area contributed by atoms with Gasteiger partial charge in [-0.15, -0.1) is 0 Å². The van der Waals surface area contributed by atoms with Crippen molar-refractivity contribution in [3.05, 3.63) is 0 Å². The van der Waals surface area contributed by atoms with Gasteiger partial charge in [0.1, 0.15) is 0 Å². The molecule has 2 nitrogen and oxygen atoms in total. The van der Waals surface area contributed by atoms with Crippen molar-refractivity contribution in [2.75, 3.05) is 0 Å². The van der Waals surface area contributed by atoms with Gasteiger partial charge in [-0.25, -0.2) is 0 Å². The quantitative estimate of drug-likeness (QED) is 0.542. The molecule has 0 radical (unpaired) electrons. The first-order valence-electron chi connectivity index (χ1n) is 6.81. The number of hydrogen-bond acceptors (Lipinski definition) is 2. The third kappa shape index (κ3) is 6.49. The minimum atomic E-state index is -0.354. The van der Waals surface area contributed by atoms with Crippen LogP contribution in [0.1, 0.15) is 73.6 Å². The largest absolute Gasteiger partial charge is 0.347 e. The highest BCUT2D eigenvalue weighted by Gasteiger charge is 2.32. The SMILES string of the molecule is CCCCC(CCC)(OC(C)C)OC(C)C. The molecule has 2 heteroatoms. The van der Waals surface area contributed by atoms with E-state index in [1.54, 1.807) is 0 Å². The summed E-state index contributed by atoms with van der Waals surface area (Å²) >= 11 is 0. The predicted molar refractivity (Wildman–Crippen MR) is 69.6 cm³/mol. The van der Waals surface area contributed by atoms with Gasteiger partial charge in [-0.1, -0.05) is 26.7 Å². The van der Waals surface area contributed by atoms with Crippen LogP contribution in [0.5, 0.6) is 0 Å². The Morgan fingerprint density at radius 2 is 1.31 bits per heavy atom. The van der Waals surface area contributed by atoms with Crippen molar-refractivity contribution in [3.8, 4) is 0 Å². The first-order valence-corrected chi connectivity index (χ1v) is 6.81. The Kier molecular flexibility index (Phi) is 8.04. The van der Waals surface area contributed by atoms with Crippen molar-refractivity contribution in [1.29, 1.82) is 0 Å². The maximum Gasteiger partial charge on any atom is 0.168 e. The lowest BCUT2D eigenvalue weighted by atomic mass is 10.0. The fourth-order valence-electron chi connectivity index (χ4n) is 2.07. The van der Waals surface area contributed by atoms with Gasteiger partial charge in [0.05, 0.1) is 12.2 Å². The van der Waals surface area contributed by atoms with E-state index in [-0.39, 0.29) is 18.0 Å². The highest BCUT2D eigenvalue weighted by atomic mass is 16.7. The lowest BCUT2D eigenvalue weighted by molar-refractivity contribution is -0.276. The average Bonchev–Trinajstić information content (AvgIpc) is 2.13. The highest BCUT2D eigenvalue weighted by molar-refractivity contribution is 4.72. The van der Waals surface area contributed by atoms with Gasteiger partial charge in [0.15, 0.2) is 5.79 Å². The normalized spacial score (nSPS) is 12.8. The molecule has 0 unspecified atom stereocenters. The van der Waals surface area contributed by atoms with E-state index in [4.69, 9.17) is 9.47 Å². The van der Waals surface area contributed by atoms with Gasteiger partial charge in [-0.3, -0.25) is 0 Å². The molecule has 0 aliphatic rings. The van der Waals surface area contributed by atoms with Crippen LogP contribution in [0.3, 0.4) is 0 Å². The first kappa shape index (κ1) is 15.9. The lowest BCUT2D eigenvalue weighted by Crippen LogP contribution is -2.40. The second-order valence-corrected chi connectivity index (χ2v) is 5.10. The number of rotatable bonds is 9. The van der Waals surface area contributed by atoms with Gasteiger partial charge in [-0.2, -0.15) is 0 Å². The molecule has 0 spiro atoms. The Morgan fingerprint density at radius 1 is 0.812 bits per heavy atom. The van der Waals surface area contributed by atoms with Crippen molar-refractivity contribution in [1.82, 2.24) is 0 Å². The number of unbranched alkanes of at least 4 members (excludes halogenated alkanes) is 1. The average molecular weight is 230 g/mol.